The van der Waals surface area contributed by atoms with Gasteiger partial charge in [0.15, 0.2) is 11.4 Å². The Hall–Kier alpha value is -1.76. The Kier molecular flexibility index (Phi) is 3.16. The molecule has 0 amide bonds. The zero-order valence-corrected chi connectivity index (χ0v) is 11.2. The number of aromatic nitrogens is 4. The first kappa shape index (κ1) is 12.7. The Labute approximate surface area is 108 Å². The first-order valence-corrected chi connectivity index (χ1v) is 6.39. The van der Waals surface area contributed by atoms with Crippen molar-refractivity contribution in [2.75, 3.05) is 0 Å². The number of aliphatic carboxylic acids is 1. The van der Waals surface area contributed by atoms with Gasteiger partial charge in [-0.3, -0.25) is 0 Å². The number of nitrogens with zero attached hydrogens (tertiary/aromatic N) is 4. The molecule has 1 atom stereocenters. The minimum atomic E-state index is -1.13. The minimum absolute atomic E-state index is 0.407. The van der Waals surface area contributed by atoms with Crippen molar-refractivity contribution in [3.63, 3.8) is 0 Å². The molecular formula is C11H14N4O2S. The molecule has 0 spiro atoms. The zero-order chi connectivity index (χ0) is 13.3. The van der Waals surface area contributed by atoms with Crippen LogP contribution in [0.2, 0.25) is 0 Å². The summed E-state index contributed by atoms with van der Waals surface area (Å²) in [6, 6.07) is 3.86. The Morgan fingerprint density at radius 3 is 2.78 bits per heavy atom. The van der Waals surface area contributed by atoms with Crippen molar-refractivity contribution in [2.24, 2.45) is 0 Å². The molecule has 0 saturated carbocycles. The Morgan fingerprint density at radius 1 is 1.56 bits per heavy atom. The second kappa shape index (κ2) is 4.49. The van der Waals surface area contributed by atoms with Crippen LogP contribution < -0.4 is 0 Å². The van der Waals surface area contributed by atoms with Gasteiger partial charge in [0.2, 0.25) is 0 Å². The molecule has 1 N–H and O–H groups in total. The fourth-order valence-corrected chi connectivity index (χ4v) is 2.46. The topological polar surface area (TPSA) is 80.9 Å². The normalized spacial score (nSPS) is 14.4. The highest BCUT2D eigenvalue weighted by molar-refractivity contribution is 7.15. The van der Waals surface area contributed by atoms with E-state index in [4.69, 9.17) is 0 Å². The Bertz CT molecular complexity index is 577. The maximum atomic E-state index is 11.4. The molecule has 2 aromatic heterocycles. The van der Waals surface area contributed by atoms with E-state index in [0.717, 1.165) is 9.75 Å². The minimum Gasteiger partial charge on any atom is -0.479 e. The molecule has 0 saturated heterocycles. The van der Waals surface area contributed by atoms with E-state index in [1.54, 1.807) is 25.2 Å². The van der Waals surface area contributed by atoms with Gasteiger partial charge in [0.05, 0.1) is 4.88 Å². The summed E-state index contributed by atoms with van der Waals surface area (Å²) in [4.78, 5) is 13.4. The lowest BCUT2D eigenvalue weighted by molar-refractivity contribution is -0.147. The van der Waals surface area contributed by atoms with Gasteiger partial charge in [-0.1, -0.05) is 6.92 Å². The third-order valence-electron chi connectivity index (χ3n) is 3.05. The van der Waals surface area contributed by atoms with E-state index in [1.807, 2.05) is 19.1 Å². The summed E-state index contributed by atoms with van der Waals surface area (Å²) < 4.78 is 1.39. The highest BCUT2D eigenvalue weighted by atomic mass is 32.1. The van der Waals surface area contributed by atoms with Crippen LogP contribution in [-0.4, -0.2) is 31.3 Å². The van der Waals surface area contributed by atoms with Gasteiger partial charge in [-0.05, 0) is 42.8 Å². The number of carboxylic acid groups (broad SMARTS) is 1. The summed E-state index contributed by atoms with van der Waals surface area (Å²) in [7, 11) is 0. The van der Waals surface area contributed by atoms with Crippen LogP contribution in [0.15, 0.2) is 12.1 Å². The number of thiophene rings is 1. The van der Waals surface area contributed by atoms with Crippen LogP contribution in [0, 0.1) is 6.92 Å². The van der Waals surface area contributed by atoms with Gasteiger partial charge in [-0.15, -0.1) is 16.4 Å². The molecule has 1 unspecified atom stereocenters. The van der Waals surface area contributed by atoms with Gasteiger partial charge in [0.1, 0.15) is 0 Å². The van der Waals surface area contributed by atoms with Gasteiger partial charge in [-0.25, -0.2) is 9.48 Å². The van der Waals surface area contributed by atoms with Crippen molar-refractivity contribution < 1.29 is 9.90 Å². The van der Waals surface area contributed by atoms with Crippen LogP contribution in [0.4, 0.5) is 0 Å². The molecular weight excluding hydrogens is 252 g/mol. The highest BCUT2D eigenvalue weighted by Crippen LogP contribution is 2.30. The summed E-state index contributed by atoms with van der Waals surface area (Å²) in [6.07, 6.45) is 0.407. The van der Waals surface area contributed by atoms with Crippen molar-refractivity contribution in [1.82, 2.24) is 20.2 Å². The van der Waals surface area contributed by atoms with Crippen LogP contribution in [0.3, 0.4) is 0 Å². The van der Waals surface area contributed by atoms with Crippen LogP contribution in [0.5, 0.6) is 0 Å². The molecule has 0 bridgehead atoms. The molecule has 0 aromatic carbocycles. The zero-order valence-electron chi connectivity index (χ0n) is 10.4. The molecule has 7 heteroatoms. The lowest BCUT2D eigenvalue weighted by Gasteiger charge is -2.23. The summed E-state index contributed by atoms with van der Waals surface area (Å²) in [6.45, 7) is 5.41. The molecule has 18 heavy (non-hydrogen) atoms. The van der Waals surface area contributed by atoms with E-state index in [9.17, 15) is 9.90 Å². The maximum Gasteiger partial charge on any atom is 0.331 e. The summed E-state index contributed by atoms with van der Waals surface area (Å²) in [5.74, 6) is -0.438. The first-order valence-electron chi connectivity index (χ1n) is 5.58. The fraction of sp³-hybridized carbons (Fsp3) is 0.455. The van der Waals surface area contributed by atoms with Crippen molar-refractivity contribution in [1.29, 1.82) is 0 Å². The molecule has 0 fully saturated rings. The molecule has 0 aliphatic heterocycles. The summed E-state index contributed by atoms with van der Waals surface area (Å²) >= 11 is 1.54. The number of hydrogen-bond donors (Lipinski definition) is 1. The second-order valence-electron chi connectivity index (χ2n) is 4.26. The number of carboxylic acids is 1. The smallest absolute Gasteiger partial charge is 0.331 e. The van der Waals surface area contributed by atoms with E-state index < -0.39 is 11.5 Å². The standard InChI is InChI=1S/C11H14N4O2S/c1-4-11(3,10(16)17)15-9(12-13-14-15)8-6-5-7(2)18-8/h5-6H,4H2,1-3H3,(H,16,17). The van der Waals surface area contributed by atoms with Crippen LogP contribution in [-0.2, 0) is 10.3 Å². The number of tetrazole rings is 1. The molecule has 2 heterocycles. The van der Waals surface area contributed by atoms with Crippen LogP contribution >= 0.6 is 11.3 Å². The van der Waals surface area contributed by atoms with Gasteiger partial charge in [0, 0.05) is 4.88 Å². The van der Waals surface area contributed by atoms with Gasteiger partial charge >= 0.3 is 5.97 Å². The monoisotopic (exact) mass is 266 g/mol. The van der Waals surface area contributed by atoms with E-state index >= 15 is 0 Å². The van der Waals surface area contributed by atoms with Crippen molar-refractivity contribution in [3.05, 3.63) is 17.0 Å². The van der Waals surface area contributed by atoms with Crippen molar-refractivity contribution in [3.8, 4) is 10.7 Å². The van der Waals surface area contributed by atoms with Crippen molar-refractivity contribution in [2.45, 2.75) is 32.7 Å². The van der Waals surface area contributed by atoms with Crippen LogP contribution in [0.1, 0.15) is 25.1 Å². The quantitative estimate of drug-likeness (QED) is 0.914. The van der Waals surface area contributed by atoms with E-state index in [2.05, 4.69) is 15.5 Å². The van der Waals surface area contributed by atoms with Gasteiger partial charge in [-0.2, -0.15) is 0 Å². The predicted octanol–water partition coefficient (Wildman–Crippen LogP) is 1.92. The second-order valence-corrected chi connectivity index (χ2v) is 5.55. The maximum absolute atomic E-state index is 11.4. The summed E-state index contributed by atoms with van der Waals surface area (Å²) in [5.41, 5.74) is -1.13. The largest absolute Gasteiger partial charge is 0.479 e. The Balaban J connectivity index is 2.54. The molecule has 2 aromatic rings. The number of carbonyl (C=O) groups is 1. The third kappa shape index (κ3) is 1.90. The molecule has 2 rings (SSSR count). The molecule has 0 aliphatic carbocycles. The fourth-order valence-electron chi connectivity index (χ4n) is 1.62. The highest BCUT2D eigenvalue weighted by Gasteiger charge is 2.37. The number of aryl methyl sites for hydroxylation is 1. The average Bonchev–Trinajstić information content (AvgIpc) is 2.95. The molecule has 0 radical (unpaired) electrons. The summed E-state index contributed by atoms with van der Waals surface area (Å²) in [5, 5.41) is 20.8. The lowest BCUT2D eigenvalue weighted by Crippen LogP contribution is -2.39. The molecule has 96 valence electrons. The van der Waals surface area contributed by atoms with Gasteiger partial charge in [0.25, 0.3) is 0 Å². The SMILES string of the molecule is CCC(C)(C(=O)O)n1nnnc1-c1ccc(C)s1. The predicted molar refractivity (Wildman–Crippen MR) is 67.4 cm³/mol. The average molecular weight is 266 g/mol. The van der Waals surface area contributed by atoms with E-state index in [1.165, 1.54) is 4.68 Å². The Morgan fingerprint density at radius 2 is 2.28 bits per heavy atom. The van der Waals surface area contributed by atoms with E-state index in [0.29, 0.717) is 12.2 Å². The van der Waals surface area contributed by atoms with E-state index in [-0.39, 0.29) is 0 Å². The van der Waals surface area contributed by atoms with Crippen LogP contribution in [0.25, 0.3) is 10.7 Å². The van der Waals surface area contributed by atoms with Crippen molar-refractivity contribution >= 4 is 17.3 Å². The third-order valence-corrected chi connectivity index (χ3v) is 4.04. The number of hydrogen-bond acceptors (Lipinski definition) is 5. The first-order chi connectivity index (χ1) is 8.49. The number of rotatable bonds is 4. The molecule has 0 aliphatic rings. The van der Waals surface area contributed by atoms with Gasteiger partial charge < -0.3 is 5.11 Å². The molecule has 6 nitrogen and oxygen atoms in total. The lowest BCUT2D eigenvalue weighted by atomic mass is 9.99.